The number of aryl methyl sites for hydroxylation is 1. The summed E-state index contributed by atoms with van der Waals surface area (Å²) in [6.07, 6.45) is 3.47. The molecule has 0 aromatic carbocycles. The highest BCUT2D eigenvalue weighted by Gasteiger charge is 2.06. The lowest BCUT2D eigenvalue weighted by molar-refractivity contribution is -0.136. The molecule has 0 amide bonds. The number of hydrogen-bond donors (Lipinski definition) is 1. The molecule has 2 aromatic heterocycles. The van der Waals surface area contributed by atoms with Gasteiger partial charge in [0.25, 0.3) is 0 Å². The monoisotopic (exact) mass is 191 g/mol. The standard InChI is InChI=1S/C9H9N3O2/c1-6-4-10-8-2-7(3-9(13)14)11-12(8)5-6/h2,4-5H,3H2,1H3,(H,13,14). The second-order valence-electron chi connectivity index (χ2n) is 3.14. The van der Waals surface area contributed by atoms with Gasteiger partial charge in [-0.2, -0.15) is 5.10 Å². The molecule has 0 fully saturated rings. The number of carboxylic acid groups (broad SMARTS) is 1. The van der Waals surface area contributed by atoms with Crippen LogP contribution < -0.4 is 0 Å². The Morgan fingerprint density at radius 1 is 1.64 bits per heavy atom. The number of nitrogens with zero attached hydrogens (tertiary/aromatic N) is 3. The Kier molecular flexibility index (Phi) is 1.92. The molecular weight excluding hydrogens is 182 g/mol. The minimum absolute atomic E-state index is 0.0671. The maximum atomic E-state index is 10.4. The Balaban J connectivity index is 2.46. The maximum Gasteiger partial charge on any atom is 0.309 e. The van der Waals surface area contributed by atoms with Crippen molar-refractivity contribution < 1.29 is 9.90 Å². The normalized spacial score (nSPS) is 10.6. The van der Waals surface area contributed by atoms with Crippen molar-refractivity contribution in [3.8, 4) is 0 Å². The van der Waals surface area contributed by atoms with E-state index in [1.54, 1.807) is 16.8 Å². The fourth-order valence-corrected chi connectivity index (χ4v) is 1.26. The third-order valence-electron chi connectivity index (χ3n) is 1.83. The van der Waals surface area contributed by atoms with Crippen LogP contribution in [0.2, 0.25) is 0 Å². The van der Waals surface area contributed by atoms with Gasteiger partial charge in [0.15, 0.2) is 5.65 Å². The van der Waals surface area contributed by atoms with Crippen molar-refractivity contribution in [2.24, 2.45) is 0 Å². The van der Waals surface area contributed by atoms with Gasteiger partial charge in [-0.05, 0) is 12.5 Å². The summed E-state index contributed by atoms with van der Waals surface area (Å²) in [5, 5.41) is 12.7. The van der Waals surface area contributed by atoms with Crippen LogP contribution in [0.1, 0.15) is 11.3 Å². The Bertz CT molecular complexity index is 490. The van der Waals surface area contributed by atoms with Gasteiger partial charge in [0, 0.05) is 18.5 Å². The van der Waals surface area contributed by atoms with Crippen molar-refractivity contribution in [1.29, 1.82) is 0 Å². The van der Waals surface area contributed by atoms with Crippen LogP contribution in [-0.4, -0.2) is 25.7 Å². The van der Waals surface area contributed by atoms with Gasteiger partial charge in [-0.25, -0.2) is 9.50 Å². The third-order valence-corrected chi connectivity index (χ3v) is 1.83. The molecule has 5 heteroatoms. The first-order valence-electron chi connectivity index (χ1n) is 4.18. The molecule has 2 rings (SSSR count). The smallest absolute Gasteiger partial charge is 0.309 e. The molecule has 14 heavy (non-hydrogen) atoms. The molecule has 0 aliphatic carbocycles. The Morgan fingerprint density at radius 3 is 3.14 bits per heavy atom. The molecule has 0 bridgehead atoms. The van der Waals surface area contributed by atoms with E-state index in [9.17, 15) is 4.79 Å². The highest BCUT2D eigenvalue weighted by atomic mass is 16.4. The largest absolute Gasteiger partial charge is 0.481 e. The van der Waals surface area contributed by atoms with Crippen LogP contribution in [0, 0.1) is 6.92 Å². The molecule has 0 aliphatic rings. The fourth-order valence-electron chi connectivity index (χ4n) is 1.26. The van der Waals surface area contributed by atoms with Crippen molar-refractivity contribution in [1.82, 2.24) is 14.6 Å². The van der Waals surface area contributed by atoms with Crippen LogP contribution in [0.4, 0.5) is 0 Å². The van der Waals surface area contributed by atoms with E-state index < -0.39 is 5.97 Å². The molecule has 72 valence electrons. The molecule has 1 N–H and O–H groups in total. The van der Waals surface area contributed by atoms with Gasteiger partial charge in [0.05, 0.1) is 12.1 Å². The van der Waals surface area contributed by atoms with Crippen molar-refractivity contribution >= 4 is 11.6 Å². The van der Waals surface area contributed by atoms with Gasteiger partial charge in [0.2, 0.25) is 0 Å². The van der Waals surface area contributed by atoms with E-state index in [0.717, 1.165) is 5.56 Å². The molecular formula is C9H9N3O2. The molecule has 0 saturated carbocycles. The average molecular weight is 191 g/mol. The second kappa shape index (κ2) is 3.10. The quantitative estimate of drug-likeness (QED) is 0.757. The first-order chi connectivity index (χ1) is 6.65. The summed E-state index contributed by atoms with van der Waals surface area (Å²) in [6, 6.07) is 1.67. The van der Waals surface area contributed by atoms with Gasteiger partial charge in [-0.1, -0.05) is 0 Å². The molecule has 5 nitrogen and oxygen atoms in total. The first kappa shape index (κ1) is 8.68. The highest BCUT2D eigenvalue weighted by molar-refractivity contribution is 5.70. The Labute approximate surface area is 80.0 Å². The van der Waals surface area contributed by atoms with E-state index in [2.05, 4.69) is 10.1 Å². The van der Waals surface area contributed by atoms with Gasteiger partial charge < -0.3 is 5.11 Å². The number of rotatable bonds is 2. The number of aromatic nitrogens is 3. The molecule has 0 unspecified atom stereocenters. The van der Waals surface area contributed by atoms with Crippen LogP contribution in [0.3, 0.4) is 0 Å². The number of carbonyl (C=O) groups is 1. The van der Waals surface area contributed by atoms with Crippen LogP contribution in [-0.2, 0) is 11.2 Å². The van der Waals surface area contributed by atoms with E-state index >= 15 is 0 Å². The van der Waals surface area contributed by atoms with E-state index in [1.807, 2.05) is 13.1 Å². The lowest BCUT2D eigenvalue weighted by Crippen LogP contribution is -2.00. The van der Waals surface area contributed by atoms with Crippen LogP contribution in [0.15, 0.2) is 18.5 Å². The van der Waals surface area contributed by atoms with Gasteiger partial charge in [-0.3, -0.25) is 4.79 Å². The summed E-state index contributed by atoms with van der Waals surface area (Å²) in [5.74, 6) is -0.884. The predicted molar refractivity (Wildman–Crippen MR) is 49.1 cm³/mol. The summed E-state index contributed by atoms with van der Waals surface area (Å²) in [5.41, 5.74) is 2.19. The zero-order chi connectivity index (χ0) is 10.1. The SMILES string of the molecule is Cc1cnc2cc(CC(=O)O)nn2c1. The van der Waals surface area contributed by atoms with Gasteiger partial charge in [0.1, 0.15) is 0 Å². The number of hydrogen-bond acceptors (Lipinski definition) is 3. The minimum atomic E-state index is -0.884. The summed E-state index contributed by atoms with van der Waals surface area (Å²) in [4.78, 5) is 14.6. The first-order valence-corrected chi connectivity index (χ1v) is 4.18. The molecule has 2 heterocycles. The van der Waals surface area contributed by atoms with Crippen LogP contribution >= 0.6 is 0 Å². The Hall–Kier alpha value is -1.91. The van der Waals surface area contributed by atoms with Crippen molar-refractivity contribution in [2.75, 3.05) is 0 Å². The third kappa shape index (κ3) is 1.56. The number of fused-ring (bicyclic) bond motifs is 1. The van der Waals surface area contributed by atoms with Gasteiger partial charge >= 0.3 is 5.97 Å². The molecule has 0 radical (unpaired) electrons. The van der Waals surface area contributed by atoms with E-state index in [0.29, 0.717) is 11.3 Å². The molecule has 0 aliphatic heterocycles. The topological polar surface area (TPSA) is 67.5 Å². The maximum absolute atomic E-state index is 10.4. The van der Waals surface area contributed by atoms with E-state index in [4.69, 9.17) is 5.11 Å². The summed E-state index contributed by atoms with van der Waals surface area (Å²) >= 11 is 0. The minimum Gasteiger partial charge on any atom is -0.481 e. The fraction of sp³-hybridized carbons (Fsp3) is 0.222. The second-order valence-corrected chi connectivity index (χ2v) is 3.14. The molecule has 2 aromatic rings. The highest BCUT2D eigenvalue weighted by Crippen LogP contribution is 2.05. The van der Waals surface area contributed by atoms with Crippen molar-refractivity contribution in [3.63, 3.8) is 0 Å². The molecule has 0 atom stereocenters. The lowest BCUT2D eigenvalue weighted by atomic mass is 10.3. The number of carboxylic acids is 1. The van der Waals surface area contributed by atoms with Gasteiger partial charge in [-0.15, -0.1) is 0 Å². The average Bonchev–Trinajstić information content (AvgIpc) is 2.44. The molecule has 0 saturated heterocycles. The molecule has 0 spiro atoms. The summed E-state index contributed by atoms with van der Waals surface area (Å²) < 4.78 is 1.59. The van der Waals surface area contributed by atoms with Crippen molar-refractivity contribution in [3.05, 3.63) is 29.7 Å². The van der Waals surface area contributed by atoms with E-state index in [-0.39, 0.29) is 6.42 Å². The lowest BCUT2D eigenvalue weighted by Gasteiger charge is -1.92. The predicted octanol–water partition coefficient (Wildman–Crippen LogP) is 0.665. The number of aliphatic carboxylic acids is 1. The van der Waals surface area contributed by atoms with Crippen molar-refractivity contribution in [2.45, 2.75) is 13.3 Å². The zero-order valence-corrected chi connectivity index (χ0v) is 7.64. The van der Waals surface area contributed by atoms with Crippen LogP contribution in [0.5, 0.6) is 0 Å². The van der Waals surface area contributed by atoms with E-state index in [1.165, 1.54) is 0 Å². The zero-order valence-electron chi connectivity index (χ0n) is 7.64. The summed E-state index contributed by atoms with van der Waals surface area (Å²) in [6.45, 7) is 1.91. The summed E-state index contributed by atoms with van der Waals surface area (Å²) in [7, 11) is 0. The van der Waals surface area contributed by atoms with Crippen LogP contribution in [0.25, 0.3) is 5.65 Å². The Morgan fingerprint density at radius 2 is 2.43 bits per heavy atom.